The van der Waals surface area contributed by atoms with E-state index in [4.69, 9.17) is 4.74 Å². The van der Waals surface area contributed by atoms with E-state index in [1.54, 1.807) is 30.0 Å². The highest BCUT2D eigenvalue weighted by atomic mass is 32.2. The molecule has 0 N–H and O–H groups in total. The van der Waals surface area contributed by atoms with Crippen LogP contribution in [0.3, 0.4) is 0 Å². The number of esters is 1. The van der Waals surface area contributed by atoms with Crippen LogP contribution in [0.15, 0.2) is 34.7 Å². The molecule has 0 aromatic heterocycles. The SMILES string of the molecule is CC(=O)OC1CC2=C(CCN(C(C(=O)C3CC3)c3ccccc3F)C2)S1. The van der Waals surface area contributed by atoms with Crippen LogP contribution in [0.25, 0.3) is 0 Å². The summed E-state index contributed by atoms with van der Waals surface area (Å²) in [5.41, 5.74) is 1.54. The van der Waals surface area contributed by atoms with Crippen molar-refractivity contribution in [3.8, 4) is 0 Å². The van der Waals surface area contributed by atoms with Gasteiger partial charge in [0.2, 0.25) is 0 Å². The van der Waals surface area contributed by atoms with Gasteiger partial charge in [-0.2, -0.15) is 0 Å². The van der Waals surface area contributed by atoms with Crippen LogP contribution in [0.5, 0.6) is 0 Å². The lowest BCUT2D eigenvalue weighted by Gasteiger charge is -2.34. The average molecular weight is 375 g/mol. The van der Waals surface area contributed by atoms with E-state index in [0.29, 0.717) is 18.5 Å². The molecule has 26 heavy (non-hydrogen) atoms. The molecule has 4 rings (SSSR count). The van der Waals surface area contributed by atoms with Crippen molar-refractivity contribution in [2.75, 3.05) is 13.1 Å². The zero-order chi connectivity index (χ0) is 18.3. The molecule has 3 aliphatic rings. The van der Waals surface area contributed by atoms with Crippen molar-refractivity contribution >= 4 is 23.5 Å². The second-order valence-corrected chi connectivity index (χ2v) is 8.46. The first-order chi connectivity index (χ1) is 12.5. The predicted molar refractivity (Wildman–Crippen MR) is 97.9 cm³/mol. The molecule has 2 unspecified atom stereocenters. The number of carbonyl (C=O) groups is 2. The van der Waals surface area contributed by atoms with Gasteiger partial charge >= 0.3 is 5.97 Å². The van der Waals surface area contributed by atoms with Gasteiger partial charge in [-0.1, -0.05) is 30.0 Å². The lowest BCUT2D eigenvalue weighted by atomic mass is 9.94. The molecule has 4 nitrogen and oxygen atoms in total. The van der Waals surface area contributed by atoms with Gasteiger partial charge in [-0.15, -0.1) is 0 Å². The van der Waals surface area contributed by atoms with Crippen LogP contribution in [0.1, 0.15) is 44.2 Å². The van der Waals surface area contributed by atoms with Crippen molar-refractivity contribution in [2.24, 2.45) is 5.92 Å². The molecule has 0 amide bonds. The van der Waals surface area contributed by atoms with Gasteiger partial charge in [0.15, 0.2) is 11.2 Å². The van der Waals surface area contributed by atoms with Gasteiger partial charge in [-0.3, -0.25) is 14.5 Å². The lowest BCUT2D eigenvalue weighted by molar-refractivity contribution is -0.142. The first-order valence-corrected chi connectivity index (χ1v) is 9.98. The number of carbonyl (C=O) groups excluding carboxylic acids is 2. The van der Waals surface area contributed by atoms with Crippen LogP contribution in [-0.2, 0) is 14.3 Å². The number of ketones is 1. The van der Waals surface area contributed by atoms with E-state index < -0.39 is 6.04 Å². The van der Waals surface area contributed by atoms with Gasteiger partial charge in [-0.05, 0) is 35.8 Å². The minimum atomic E-state index is -0.518. The quantitative estimate of drug-likeness (QED) is 0.732. The van der Waals surface area contributed by atoms with E-state index in [1.807, 2.05) is 0 Å². The molecule has 1 aliphatic carbocycles. The first kappa shape index (κ1) is 17.7. The number of Topliss-reactive ketones (excluding diaryl/α,β-unsaturated/α-hetero) is 1. The third-order valence-corrected chi connectivity index (χ3v) is 6.52. The Labute approximate surface area is 156 Å². The van der Waals surface area contributed by atoms with Gasteiger partial charge < -0.3 is 4.74 Å². The van der Waals surface area contributed by atoms with Crippen molar-refractivity contribution in [1.29, 1.82) is 0 Å². The lowest BCUT2D eigenvalue weighted by Crippen LogP contribution is -2.39. The molecule has 2 heterocycles. The minimum absolute atomic E-state index is 0.0710. The van der Waals surface area contributed by atoms with E-state index in [-0.39, 0.29) is 28.9 Å². The zero-order valence-electron chi connectivity index (χ0n) is 14.7. The molecule has 0 saturated heterocycles. The third-order valence-electron chi connectivity index (χ3n) is 5.21. The second kappa shape index (κ2) is 7.16. The summed E-state index contributed by atoms with van der Waals surface area (Å²) in [5.74, 6) is -0.375. The summed E-state index contributed by atoms with van der Waals surface area (Å²) in [7, 11) is 0. The Morgan fingerprint density at radius 1 is 1.31 bits per heavy atom. The van der Waals surface area contributed by atoms with Crippen molar-refractivity contribution in [1.82, 2.24) is 4.90 Å². The molecule has 0 spiro atoms. The summed E-state index contributed by atoms with van der Waals surface area (Å²) in [6, 6.07) is 6.10. The third kappa shape index (κ3) is 3.58. The monoisotopic (exact) mass is 375 g/mol. The highest BCUT2D eigenvalue weighted by Gasteiger charge is 2.41. The molecule has 2 aliphatic heterocycles. The smallest absolute Gasteiger partial charge is 0.303 e. The molecule has 138 valence electrons. The molecule has 0 radical (unpaired) electrons. The summed E-state index contributed by atoms with van der Waals surface area (Å²) in [5, 5.41) is 0. The van der Waals surface area contributed by atoms with Crippen LogP contribution in [0, 0.1) is 11.7 Å². The van der Waals surface area contributed by atoms with E-state index in [2.05, 4.69) is 4.90 Å². The molecule has 2 atom stereocenters. The van der Waals surface area contributed by atoms with Crippen LogP contribution in [0.2, 0.25) is 0 Å². The maximum Gasteiger partial charge on any atom is 0.303 e. The molecule has 1 saturated carbocycles. The van der Waals surface area contributed by atoms with E-state index >= 15 is 0 Å². The van der Waals surface area contributed by atoms with Gasteiger partial charge in [0.05, 0.1) is 6.04 Å². The van der Waals surface area contributed by atoms with Crippen LogP contribution in [-0.4, -0.2) is 35.2 Å². The summed E-state index contributed by atoms with van der Waals surface area (Å²) >= 11 is 1.61. The Hall–Kier alpha value is -1.66. The van der Waals surface area contributed by atoms with E-state index in [1.165, 1.54) is 23.5 Å². The average Bonchev–Trinajstić information content (AvgIpc) is 3.37. The van der Waals surface area contributed by atoms with E-state index in [0.717, 1.165) is 25.8 Å². The maximum atomic E-state index is 14.5. The standard InChI is InChI=1S/C20H22FNO3S/c1-12(23)25-18-10-14-11-22(9-8-17(14)26-18)19(20(24)13-6-7-13)15-4-2-3-5-16(15)21/h2-5,13,18-19H,6-11H2,1H3. The Morgan fingerprint density at radius 3 is 2.77 bits per heavy atom. The molecular formula is C20H22FNO3S. The predicted octanol–water partition coefficient (Wildman–Crippen LogP) is 3.83. The van der Waals surface area contributed by atoms with Crippen LogP contribution < -0.4 is 0 Å². The molecule has 6 heteroatoms. The van der Waals surface area contributed by atoms with Gasteiger partial charge in [0.1, 0.15) is 5.82 Å². The number of benzene rings is 1. The number of thioether (sulfide) groups is 1. The van der Waals surface area contributed by atoms with Crippen molar-refractivity contribution in [3.05, 3.63) is 46.1 Å². The molecule has 1 aromatic rings. The number of rotatable bonds is 5. The van der Waals surface area contributed by atoms with Gasteiger partial charge in [0.25, 0.3) is 0 Å². The first-order valence-electron chi connectivity index (χ1n) is 9.10. The topological polar surface area (TPSA) is 46.6 Å². The van der Waals surface area contributed by atoms with E-state index in [9.17, 15) is 14.0 Å². The minimum Gasteiger partial charge on any atom is -0.451 e. The van der Waals surface area contributed by atoms with Crippen molar-refractivity contribution in [3.63, 3.8) is 0 Å². The van der Waals surface area contributed by atoms with Gasteiger partial charge in [-0.25, -0.2) is 4.39 Å². The fraction of sp³-hybridized carbons (Fsp3) is 0.500. The number of hydrogen-bond donors (Lipinski definition) is 0. The molecule has 1 aromatic carbocycles. The summed E-state index contributed by atoms with van der Waals surface area (Å²) in [6.45, 7) is 2.78. The highest BCUT2D eigenvalue weighted by molar-refractivity contribution is 8.03. The van der Waals surface area contributed by atoms with Crippen LogP contribution >= 0.6 is 11.8 Å². The normalized spacial score (nSPS) is 24.3. The summed E-state index contributed by atoms with van der Waals surface area (Å²) in [6.07, 6.45) is 3.34. The largest absolute Gasteiger partial charge is 0.451 e. The fourth-order valence-corrected chi connectivity index (χ4v) is 5.15. The molecule has 1 fully saturated rings. The Balaban J connectivity index is 1.55. The maximum absolute atomic E-state index is 14.5. The Bertz CT molecular complexity index is 774. The highest BCUT2D eigenvalue weighted by Crippen LogP contribution is 2.45. The molecule has 0 bridgehead atoms. The van der Waals surface area contributed by atoms with Crippen LogP contribution in [0.4, 0.5) is 4.39 Å². The number of ether oxygens (including phenoxy) is 1. The molecular weight excluding hydrogens is 353 g/mol. The number of nitrogens with zero attached hydrogens (tertiary/aromatic N) is 1. The zero-order valence-corrected chi connectivity index (χ0v) is 15.6. The number of hydrogen-bond acceptors (Lipinski definition) is 5. The Kier molecular flexibility index (Phi) is 4.88. The summed E-state index contributed by atoms with van der Waals surface area (Å²) < 4.78 is 19.8. The van der Waals surface area contributed by atoms with Crippen molar-refractivity contribution < 1.29 is 18.7 Å². The Morgan fingerprint density at radius 2 is 2.08 bits per heavy atom. The van der Waals surface area contributed by atoms with Crippen molar-refractivity contribution in [2.45, 2.75) is 44.1 Å². The second-order valence-electron chi connectivity index (χ2n) is 7.21. The van der Waals surface area contributed by atoms with Gasteiger partial charge in [0, 0.05) is 37.9 Å². The summed E-state index contributed by atoms with van der Waals surface area (Å²) in [4.78, 5) is 27.5. The number of halogens is 1. The fourth-order valence-electron chi connectivity index (χ4n) is 3.85.